The van der Waals surface area contributed by atoms with Gasteiger partial charge in [0.15, 0.2) is 17.2 Å². The number of aliphatic imine (C=N–C) groups is 1. The van der Waals surface area contributed by atoms with Crippen molar-refractivity contribution in [3.63, 3.8) is 0 Å². The Hall–Kier alpha value is -3.46. The highest BCUT2D eigenvalue weighted by Crippen LogP contribution is 2.34. The van der Waals surface area contributed by atoms with Gasteiger partial charge in [-0.1, -0.05) is 6.08 Å². The van der Waals surface area contributed by atoms with Gasteiger partial charge in [-0.05, 0) is 45.0 Å². The first-order chi connectivity index (χ1) is 14.4. The number of amidine groups is 1. The van der Waals surface area contributed by atoms with Gasteiger partial charge in [0.1, 0.15) is 24.0 Å². The van der Waals surface area contributed by atoms with E-state index < -0.39 is 5.72 Å². The number of hydrogen-bond acceptors (Lipinski definition) is 7. The van der Waals surface area contributed by atoms with Gasteiger partial charge in [0.2, 0.25) is 0 Å². The van der Waals surface area contributed by atoms with Gasteiger partial charge in [0.05, 0.1) is 17.8 Å². The highest BCUT2D eigenvalue weighted by Gasteiger charge is 2.28. The second-order valence-corrected chi connectivity index (χ2v) is 7.74. The van der Waals surface area contributed by atoms with E-state index in [0.29, 0.717) is 29.7 Å². The quantitative estimate of drug-likeness (QED) is 0.688. The van der Waals surface area contributed by atoms with E-state index in [1.807, 2.05) is 45.2 Å². The van der Waals surface area contributed by atoms with Crippen LogP contribution in [0.25, 0.3) is 11.7 Å². The summed E-state index contributed by atoms with van der Waals surface area (Å²) >= 11 is 0. The van der Waals surface area contributed by atoms with Gasteiger partial charge in [0.25, 0.3) is 0 Å². The molecule has 0 radical (unpaired) electrons. The molecule has 1 atom stereocenters. The fourth-order valence-corrected chi connectivity index (χ4v) is 3.57. The summed E-state index contributed by atoms with van der Waals surface area (Å²) in [7, 11) is 0. The normalized spacial score (nSPS) is 17.8. The number of ether oxygens (including phenoxy) is 1. The maximum atomic E-state index is 14.1. The molecule has 3 aromatic rings. The summed E-state index contributed by atoms with van der Waals surface area (Å²) in [6, 6.07) is 4.56. The third-order valence-electron chi connectivity index (χ3n) is 4.97. The molecule has 2 N–H and O–H groups in total. The van der Waals surface area contributed by atoms with Crippen LogP contribution < -0.4 is 15.5 Å². The number of fused-ring (bicyclic) bond motifs is 2. The topological polar surface area (TPSA) is 85.1 Å². The maximum absolute atomic E-state index is 14.1. The summed E-state index contributed by atoms with van der Waals surface area (Å²) in [6.45, 7) is 6.13. The number of hydrogen-bond donors (Lipinski definition) is 2. The molecule has 0 unspecified atom stereocenters. The minimum atomic E-state index is -0.654. The van der Waals surface area contributed by atoms with Crippen LogP contribution in [-0.2, 0) is 4.84 Å². The molecule has 0 aliphatic carbocycles. The molecule has 0 saturated heterocycles. The SMILES string of the molecule is C[C@@H](Nc1ccn2ncc(C3=NC(C)(C)ON3)c2n1)c1cc(F)cc2c1OCC=C2. The Morgan fingerprint density at radius 3 is 3.00 bits per heavy atom. The zero-order valence-corrected chi connectivity index (χ0v) is 16.8. The minimum absolute atomic E-state index is 0.230. The number of anilines is 1. The molecule has 5 rings (SSSR count). The van der Waals surface area contributed by atoms with Crippen molar-refractivity contribution in [1.29, 1.82) is 0 Å². The Bertz CT molecular complexity index is 1200. The standard InChI is InChI=1S/C21H21FN6O2/c1-12(15-10-14(22)9-13-5-4-8-29-18(13)15)24-17-6-7-28-20(25-17)16(11-23-28)19-26-21(2,3)30-27-19/h4-7,9-12H,8H2,1-3H3,(H,24,25)(H,26,27)/t12-/m1/s1. The van der Waals surface area contributed by atoms with Gasteiger partial charge in [-0.25, -0.2) is 29.2 Å². The monoisotopic (exact) mass is 408 g/mol. The van der Waals surface area contributed by atoms with Crippen molar-refractivity contribution in [2.45, 2.75) is 32.5 Å². The molecule has 2 aliphatic rings. The molecule has 1 aromatic carbocycles. The molecule has 0 saturated carbocycles. The smallest absolute Gasteiger partial charge is 0.182 e. The Morgan fingerprint density at radius 1 is 1.33 bits per heavy atom. The van der Waals surface area contributed by atoms with Crippen LogP contribution in [0, 0.1) is 5.82 Å². The average molecular weight is 408 g/mol. The van der Waals surface area contributed by atoms with Crippen LogP contribution in [0.1, 0.15) is 43.5 Å². The fraction of sp³-hybridized carbons (Fsp3) is 0.286. The van der Waals surface area contributed by atoms with Crippen molar-refractivity contribution in [1.82, 2.24) is 20.1 Å². The van der Waals surface area contributed by atoms with Crippen LogP contribution in [0.2, 0.25) is 0 Å². The lowest BCUT2D eigenvalue weighted by atomic mass is 10.0. The maximum Gasteiger partial charge on any atom is 0.182 e. The zero-order chi connectivity index (χ0) is 20.9. The van der Waals surface area contributed by atoms with E-state index in [4.69, 9.17) is 14.6 Å². The highest BCUT2D eigenvalue weighted by atomic mass is 19.1. The van der Waals surface area contributed by atoms with Crippen molar-refractivity contribution in [2.75, 3.05) is 11.9 Å². The lowest BCUT2D eigenvalue weighted by Crippen LogP contribution is -2.23. The summed E-state index contributed by atoms with van der Waals surface area (Å²) in [5, 5.41) is 7.67. The van der Waals surface area contributed by atoms with E-state index in [2.05, 4.69) is 20.9 Å². The van der Waals surface area contributed by atoms with E-state index >= 15 is 0 Å². The molecule has 0 bridgehead atoms. The lowest BCUT2D eigenvalue weighted by Gasteiger charge is -2.22. The number of halogens is 1. The number of rotatable bonds is 4. The molecular weight excluding hydrogens is 387 g/mol. The molecule has 0 amide bonds. The number of hydroxylamine groups is 1. The molecular formula is C21H21FN6O2. The van der Waals surface area contributed by atoms with Crippen molar-refractivity contribution in [3.8, 4) is 5.75 Å². The Labute approximate surface area is 172 Å². The molecule has 8 nitrogen and oxygen atoms in total. The molecule has 0 spiro atoms. The van der Waals surface area contributed by atoms with E-state index in [-0.39, 0.29) is 11.9 Å². The van der Waals surface area contributed by atoms with E-state index in [0.717, 1.165) is 16.7 Å². The number of nitrogens with zero attached hydrogens (tertiary/aromatic N) is 4. The summed E-state index contributed by atoms with van der Waals surface area (Å²) < 4.78 is 21.6. The number of nitrogens with one attached hydrogen (secondary N) is 2. The van der Waals surface area contributed by atoms with Crippen molar-refractivity contribution in [3.05, 3.63) is 59.2 Å². The average Bonchev–Trinajstić information content (AvgIpc) is 3.29. The Balaban J connectivity index is 1.47. The van der Waals surface area contributed by atoms with Gasteiger partial charge in [-0.2, -0.15) is 5.10 Å². The van der Waals surface area contributed by atoms with Crippen molar-refractivity contribution < 1.29 is 14.0 Å². The Kier molecular flexibility index (Phi) is 4.21. The van der Waals surface area contributed by atoms with Crippen LogP contribution in [0.15, 0.2) is 41.7 Å². The third-order valence-corrected chi connectivity index (χ3v) is 4.97. The van der Waals surface area contributed by atoms with Crippen LogP contribution in [0.3, 0.4) is 0 Å². The molecule has 9 heteroatoms. The predicted molar refractivity (Wildman–Crippen MR) is 111 cm³/mol. The first-order valence-corrected chi connectivity index (χ1v) is 9.67. The van der Waals surface area contributed by atoms with Crippen LogP contribution in [0.5, 0.6) is 5.75 Å². The van der Waals surface area contributed by atoms with E-state index in [1.54, 1.807) is 10.7 Å². The van der Waals surface area contributed by atoms with Crippen molar-refractivity contribution >= 4 is 23.4 Å². The van der Waals surface area contributed by atoms with Gasteiger partial charge in [-0.3, -0.25) is 0 Å². The summed E-state index contributed by atoms with van der Waals surface area (Å²) in [5.74, 6) is 1.59. The third kappa shape index (κ3) is 3.26. The molecule has 30 heavy (non-hydrogen) atoms. The van der Waals surface area contributed by atoms with Crippen LogP contribution in [0.4, 0.5) is 10.2 Å². The van der Waals surface area contributed by atoms with Gasteiger partial charge < -0.3 is 10.1 Å². The van der Waals surface area contributed by atoms with Gasteiger partial charge >= 0.3 is 0 Å². The summed E-state index contributed by atoms with van der Waals surface area (Å²) in [4.78, 5) is 14.7. The number of benzene rings is 1. The fourth-order valence-electron chi connectivity index (χ4n) is 3.57. The molecule has 4 heterocycles. The Morgan fingerprint density at radius 2 is 2.20 bits per heavy atom. The molecule has 154 valence electrons. The largest absolute Gasteiger partial charge is 0.489 e. The zero-order valence-electron chi connectivity index (χ0n) is 16.8. The minimum Gasteiger partial charge on any atom is -0.489 e. The van der Waals surface area contributed by atoms with Crippen molar-refractivity contribution in [2.24, 2.45) is 4.99 Å². The highest BCUT2D eigenvalue weighted by molar-refractivity contribution is 6.03. The molecule has 0 fully saturated rings. The molecule has 2 aromatic heterocycles. The summed E-state index contributed by atoms with van der Waals surface area (Å²) in [5.41, 5.74) is 5.01. The first kappa shape index (κ1) is 18.6. The van der Waals surface area contributed by atoms with Gasteiger partial charge in [0, 0.05) is 17.3 Å². The second-order valence-electron chi connectivity index (χ2n) is 7.74. The van der Waals surface area contributed by atoms with Gasteiger partial charge in [-0.15, -0.1) is 0 Å². The predicted octanol–water partition coefficient (Wildman–Crippen LogP) is 3.46. The first-order valence-electron chi connectivity index (χ1n) is 9.67. The second kappa shape index (κ2) is 6.81. The molecule has 2 aliphatic heterocycles. The number of aromatic nitrogens is 3. The lowest BCUT2D eigenvalue weighted by molar-refractivity contribution is -0.0269. The van der Waals surface area contributed by atoms with E-state index in [1.165, 1.54) is 12.1 Å². The van der Waals surface area contributed by atoms with E-state index in [9.17, 15) is 4.39 Å². The van der Waals surface area contributed by atoms with Crippen LogP contribution >= 0.6 is 0 Å². The van der Waals surface area contributed by atoms with Crippen LogP contribution in [-0.4, -0.2) is 32.8 Å². The summed E-state index contributed by atoms with van der Waals surface area (Å²) in [6.07, 6.45) is 7.24.